The highest BCUT2D eigenvalue weighted by atomic mass is 32.2. The van der Waals surface area contributed by atoms with E-state index in [0.29, 0.717) is 4.91 Å². The molecule has 1 saturated heterocycles. The van der Waals surface area contributed by atoms with Crippen LogP contribution in [0.25, 0.3) is 0 Å². The molecule has 36 heavy (non-hydrogen) atoms. The number of hydrogen-bond donors (Lipinski definition) is 1. The number of carbonyl (C=O) groups excluding carboxylic acids is 2. The maximum Gasteiger partial charge on any atom is 0.356 e. The van der Waals surface area contributed by atoms with E-state index < -0.39 is 20.4 Å². The number of rotatable bonds is 8. The molecule has 8 heteroatoms. The van der Waals surface area contributed by atoms with Crippen LogP contribution in [0.3, 0.4) is 0 Å². The summed E-state index contributed by atoms with van der Waals surface area (Å²) >= 11 is 1.36. The van der Waals surface area contributed by atoms with Gasteiger partial charge in [0.2, 0.25) is 5.91 Å². The molecular weight excluding hydrogens is 490 g/mol. The van der Waals surface area contributed by atoms with Gasteiger partial charge in [-0.25, -0.2) is 4.79 Å². The number of carbonyl (C=O) groups is 2. The highest BCUT2D eigenvalue weighted by molar-refractivity contribution is 8.04. The highest BCUT2D eigenvalue weighted by Crippen LogP contribution is 2.52. The molecule has 1 fully saturated rings. The van der Waals surface area contributed by atoms with Crippen LogP contribution in [0.15, 0.2) is 71.3 Å². The molecular formula is C28H35NO5SSi. The number of hydrogen-bond acceptors (Lipinski definition) is 6. The predicted molar refractivity (Wildman–Crippen MR) is 144 cm³/mol. The van der Waals surface area contributed by atoms with Crippen LogP contribution in [-0.4, -0.2) is 48.3 Å². The minimum atomic E-state index is -2.08. The third-order valence-electron chi connectivity index (χ3n) is 7.41. The summed E-state index contributed by atoms with van der Waals surface area (Å²) < 4.78 is 12.5. The molecule has 2 aliphatic heterocycles. The Balaban J connectivity index is 1.55. The van der Waals surface area contributed by atoms with Gasteiger partial charge in [0.05, 0.1) is 18.6 Å². The van der Waals surface area contributed by atoms with Crippen LogP contribution < -0.4 is 0 Å². The molecule has 0 saturated carbocycles. The second-order valence-corrected chi connectivity index (χ2v) is 16.8. The summed E-state index contributed by atoms with van der Waals surface area (Å²) in [5.74, 6) is -1.16. The lowest BCUT2D eigenvalue weighted by Gasteiger charge is -2.48. The van der Waals surface area contributed by atoms with Crippen molar-refractivity contribution in [3.8, 4) is 0 Å². The van der Waals surface area contributed by atoms with Gasteiger partial charge in [-0.1, -0.05) is 93.2 Å². The summed E-state index contributed by atoms with van der Waals surface area (Å²) in [5, 5.41) is 9.81. The van der Waals surface area contributed by atoms with Crippen LogP contribution in [-0.2, 0) is 18.8 Å². The minimum absolute atomic E-state index is 0.0178. The summed E-state index contributed by atoms with van der Waals surface area (Å²) in [7, 11) is -2.08. The molecule has 192 valence electrons. The van der Waals surface area contributed by atoms with Crippen LogP contribution in [0.1, 0.15) is 44.9 Å². The number of amides is 1. The van der Waals surface area contributed by atoms with Crippen LogP contribution in [0, 0.1) is 5.92 Å². The molecule has 2 unspecified atom stereocenters. The van der Waals surface area contributed by atoms with E-state index in [0.717, 1.165) is 11.1 Å². The lowest BCUT2D eigenvalue weighted by molar-refractivity contribution is -0.159. The van der Waals surface area contributed by atoms with Gasteiger partial charge < -0.3 is 14.3 Å². The maximum absolute atomic E-state index is 13.5. The van der Waals surface area contributed by atoms with Crippen molar-refractivity contribution < 1.29 is 23.9 Å². The van der Waals surface area contributed by atoms with E-state index in [2.05, 4.69) is 33.9 Å². The minimum Gasteiger partial charge on any atom is -0.448 e. The van der Waals surface area contributed by atoms with Crippen LogP contribution >= 0.6 is 11.8 Å². The second kappa shape index (κ2) is 10.2. The second-order valence-electron chi connectivity index (χ2n) is 10.9. The Morgan fingerprint density at radius 1 is 1.06 bits per heavy atom. The van der Waals surface area contributed by atoms with Gasteiger partial charge in [0.15, 0.2) is 14.4 Å². The van der Waals surface area contributed by atoms with Gasteiger partial charge in [-0.15, -0.1) is 0 Å². The summed E-state index contributed by atoms with van der Waals surface area (Å²) in [6, 6.07) is 19.0. The number of esters is 1. The molecule has 6 nitrogen and oxygen atoms in total. The molecule has 0 spiro atoms. The fourth-order valence-electron chi connectivity index (χ4n) is 4.40. The van der Waals surface area contributed by atoms with E-state index in [-0.39, 0.29) is 40.6 Å². The molecule has 1 amide bonds. The van der Waals surface area contributed by atoms with Crippen molar-refractivity contribution in [3.63, 3.8) is 0 Å². The molecule has 0 aromatic heterocycles. The average molecular weight is 526 g/mol. The van der Waals surface area contributed by atoms with Crippen molar-refractivity contribution in [2.45, 2.75) is 63.4 Å². The van der Waals surface area contributed by atoms with Crippen molar-refractivity contribution in [1.82, 2.24) is 4.90 Å². The lowest BCUT2D eigenvalue weighted by Crippen LogP contribution is -2.62. The lowest BCUT2D eigenvalue weighted by atomic mass is 9.92. The fraction of sp³-hybridized carbons (Fsp3) is 0.429. The number of β-lactam (4-membered cyclic amide) rings is 1. The van der Waals surface area contributed by atoms with Gasteiger partial charge in [0, 0.05) is 4.91 Å². The van der Waals surface area contributed by atoms with E-state index in [1.54, 1.807) is 0 Å². The number of nitrogens with zero attached hydrogens (tertiary/aromatic N) is 1. The third kappa shape index (κ3) is 4.92. The third-order valence-corrected chi connectivity index (χ3v) is 13.3. The predicted octanol–water partition coefficient (Wildman–Crippen LogP) is 5.46. The zero-order chi connectivity index (χ0) is 26.3. The Bertz CT molecular complexity index is 1110. The number of ether oxygens (including phenoxy) is 1. The molecule has 3 atom stereocenters. The van der Waals surface area contributed by atoms with E-state index in [1.165, 1.54) is 16.7 Å². The van der Waals surface area contributed by atoms with Gasteiger partial charge >= 0.3 is 5.97 Å². The van der Waals surface area contributed by atoms with E-state index in [1.807, 2.05) is 67.6 Å². The number of benzene rings is 2. The standard InChI is InChI=1S/C28H35NO5SSi/c1-18(34-36(5,6)28(2,3)4)22-25(31)29-23(21(17-30)35-26(22)29)27(32)33-24(19-13-9-7-10-14-19)20-15-11-8-12-16-20/h7-16,18,22,24,26,30H,17H2,1-6H3/t18-,22?,26?/m1/s1. The topological polar surface area (TPSA) is 76.1 Å². The van der Waals surface area contributed by atoms with Crippen molar-refractivity contribution in [1.29, 1.82) is 0 Å². The Hall–Kier alpha value is -2.39. The Morgan fingerprint density at radius 2 is 1.58 bits per heavy atom. The molecule has 4 rings (SSSR count). The maximum atomic E-state index is 13.5. The first-order valence-electron chi connectivity index (χ1n) is 12.3. The quantitative estimate of drug-likeness (QED) is 0.280. The van der Waals surface area contributed by atoms with Crippen molar-refractivity contribution in [2.24, 2.45) is 5.92 Å². The molecule has 0 aliphatic carbocycles. The molecule has 0 radical (unpaired) electrons. The number of thioether (sulfide) groups is 1. The molecule has 2 heterocycles. The Morgan fingerprint density at radius 3 is 2.06 bits per heavy atom. The highest BCUT2D eigenvalue weighted by Gasteiger charge is 2.59. The van der Waals surface area contributed by atoms with E-state index >= 15 is 0 Å². The van der Waals surface area contributed by atoms with Crippen molar-refractivity contribution in [3.05, 3.63) is 82.4 Å². The van der Waals surface area contributed by atoms with Gasteiger partial charge in [0.25, 0.3) is 0 Å². The normalized spacial score (nSPS) is 20.9. The number of aliphatic hydroxyl groups excluding tert-OH is 1. The van der Waals surface area contributed by atoms with Gasteiger partial charge in [-0.3, -0.25) is 9.69 Å². The summed E-state index contributed by atoms with van der Waals surface area (Å²) in [4.78, 5) is 28.8. The molecule has 0 bridgehead atoms. The summed E-state index contributed by atoms with van der Waals surface area (Å²) in [6.45, 7) is 12.4. The first kappa shape index (κ1) is 26.7. The summed E-state index contributed by atoms with van der Waals surface area (Å²) in [5.41, 5.74) is 1.80. The van der Waals surface area contributed by atoms with Gasteiger partial charge in [-0.05, 0) is 36.2 Å². The monoisotopic (exact) mass is 525 g/mol. The molecule has 2 aliphatic rings. The smallest absolute Gasteiger partial charge is 0.356 e. The number of aliphatic hydroxyl groups is 1. The first-order chi connectivity index (χ1) is 17.0. The van der Waals surface area contributed by atoms with Gasteiger partial charge in [0.1, 0.15) is 11.1 Å². The SMILES string of the molecule is C[C@@H](O[Si](C)(C)C(C)(C)C)C1C(=O)N2C(C(=O)OC(c3ccccc3)c3ccccc3)=C(CO)SC12. The van der Waals surface area contributed by atoms with Crippen molar-refractivity contribution in [2.75, 3.05) is 6.61 Å². The first-order valence-corrected chi connectivity index (χ1v) is 16.1. The summed E-state index contributed by atoms with van der Waals surface area (Å²) in [6.07, 6.45) is -0.923. The Kier molecular flexibility index (Phi) is 7.53. The zero-order valence-corrected chi connectivity index (χ0v) is 23.5. The van der Waals surface area contributed by atoms with Crippen LogP contribution in [0.5, 0.6) is 0 Å². The van der Waals surface area contributed by atoms with Crippen molar-refractivity contribution >= 4 is 32.0 Å². The molecule has 1 N–H and O–H groups in total. The molecule has 2 aromatic carbocycles. The van der Waals surface area contributed by atoms with Gasteiger partial charge in [-0.2, -0.15) is 0 Å². The van der Waals surface area contributed by atoms with E-state index in [4.69, 9.17) is 9.16 Å². The zero-order valence-electron chi connectivity index (χ0n) is 21.7. The van der Waals surface area contributed by atoms with Crippen LogP contribution in [0.4, 0.5) is 0 Å². The molecule has 2 aromatic rings. The van der Waals surface area contributed by atoms with Crippen LogP contribution in [0.2, 0.25) is 18.1 Å². The Labute approximate surface area is 218 Å². The largest absolute Gasteiger partial charge is 0.448 e. The fourth-order valence-corrected chi connectivity index (χ4v) is 7.29. The van der Waals surface area contributed by atoms with E-state index in [9.17, 15) is 14.7 Å². The average Bonchev–Trinajstić information content (AvgIpc) is 3.17. The number of fused-ring (bicyclic) bond motifs is 1.